The first kappa shape index (κ1) is 18.1. The molecular weight excluding hydrogens is 304 g/mol. The van der Waals surface area contributed by atoms with E-state index in [1.54, 1.807) is 23.2 Å². The van der Waals surface area contributed by atoms with Gasteiger partial charge in [-0.2, -0.15) is 5.26 Å². The van der Waals surface area contributed by atoms with Gasteiger partial charge in [-0.25, -0.2) is 9.78 Å². The van der Waals surface area contributed by atoms with Crippen molar-refractivity contribution in [3.63, 3.8) is 0 Å². The fraction of sp³-hybridized carbons (Fsp3) is 0.611. The molecule has 0 N–H and O–H groups in total. The number of nitrogens with zero attached hydrogens (tertiary/aromatic N) is 4. The number of piperidine rings is 1. The van der Waals surface area contributed by atoms with Crippen LogP contribution in [0.25, 0.3) is 0 Å². The van der Waals surface area contributed by atoms with Crippen LogP contribution in [-0.4, -0.2) is 48.3 Å². The minimum absolute atomic E-state index is 0.237. The van der Waals surface area contributed by atoms with Crippen molar-refractivity contribution < 1.29 is 9.53 Å². The Morgan fingerprint density at radius 2 is 2.29 bits per heavy atom. The molecule has 6 nitrogen and oxygen atoms in total. The van der Waals surface area contributed by atoms with E-state index in [1.807, 2.05) is 32.7 Å². The second-order valence-corrected chi connectivity index (χ2v) is 7.33. The van der Waals surface area contributed by atoms with Gasteiger partial charge in [-0.3, -0.25) is 0 Å². The standard InChI is InChI=1S/C18H26N4O2/c1-18(2,3)24-17(23)22-9-5-6-15(13-22)12-21(4)16-10-14(11-19)7-8-20-16/h7-8,10,15H,5-6,9,12-13H2,1-4H3/t15-/m1/s1. The van der Waals surface area contributed by atoms with Crippen molar-refractivity contribution >= 4 is 11.9 Å². The molecule has 0 unspecified atom stereocenters. The number of likely N-dealkylation sites (tertiary alicyclic amines) is 1. The minimum Gasteiger partial charge on any atom is -0.444 e. The van der Waals surface area contributed by atoms with E-state index in [9.17, 15) is 4.79 Å². The molecule has 1 saturated heterocycles. The van der Waals surface area contributed by atoms with Crippen molar-refractivity contribution in [1.82, 2.24) is 9.88 Å². The Labute approximate surface area is 144 Å². The van der Waals surface area contributed by atoms with Crippen molar-refractivity contribution in [3.8, 4) is 6.07 Å². The van der Waals surface area contributed by atoms with Crippen LogP contribution in [0.4, 0.5) is 10.6 Å². The molecular formula is C18H26N4O2. The predicted molar refractivity (Wildman–Crippen MR) is 92.8 cm³/mol. The quantitative estimate of drug-likeness (QED) is 0.852. The highest BCUT2D eigenvalue weighted by atomic mass is 16.6. The number of hydrogen-bond acceptors (Lipinski definition) is 5. The Balaban J connectivity index is 1.95. The molecule has 6 heteroatoms. The predicted octanol–water partition coefficient (Wildman–Crippen LogP) is 3.04. The van der Waals surface area contributed by atoms with Crippen LogP contribution in [0.15, 0.2) is 18.3 Å². The third kappa shape index (κ3) is 5.12. The first-order valence-corrected chi connectivity index (χ1v) is 8.33. The van der Waals surface area contributed by atoms with Gasteiger partial charge in [0.2, 0.25) is 0 Å². The Kier molecular flexibility index (Phi) is 5.66. The molecule has 130 valence electrons. The van der Waals surface area contributed by atoms with Crippen molar-refractivity contribution in [1.29, 1.82) is 5.26 Å². The fourth-order valence-electron chi connectivity index (χ4n) is 2.88. The van der Waals surface area contributed by atoms with E-state index < -0.39 is 5.60 Å². The number of amides is 1. The van der Waals surface area contributed by atoms with Gasteiger partial charge in [-0.05, 0) is 51.7 Å². The van der Waals surface area contributed by atoms with Crippen molar-refractivity contribution in [2.75, 3.05) is 31.6 Å². The average Bonchev–Trinajstić information content (AvgIpc) is 2.53. The molecule has 2 heterocycles. The molecule has 1 atom stereocenters. The van der Waals surface area contributed by atoms with Crippen LogP contribution in [0.1, 0.15) is 39.2 Å². The Morgan fingerprint density at radius 3 is 2.96 bits per heavy atom. The first-order chi connectivity index (χ1) is 11.3. The molecule has 1 aliphatic rings. The van der Waals surface area contributed by atoms with E-state index >= 15 is 0 Å². The number of anilines is 1. The Bertz CT molecular complexity index is 618. The van der Waals surface area contributed by atoms with Gasteiger partial charge in [0.15, 0.2) is 0 Å². The van der Waals surface area contributed by atoms with E-state index in [-0.39, 0.29) is 6.09 Å². The third-order valence-corrected chi connectivity index (χ3v) is 3.97. The van der Waals surface area contributed by atoms with Crippen molar-refractivity contribution in [2.45, 2.75) is 39.2 Å². The van der Waals surface area contributed by atoms with Crippen LogP contribution in [0, 0.1) is 17.2 Å². The molecule has 24 heavy (non-hydrogen) atoms. The zero-order chi connectivity index (χ0) is 17.7. The van der Waals surface area contributed by atoms with Crippen LogP contribution >= 0.6 is 0 Å². The van der Waals surface area contributed by atoms with Gasteiger partial charge in [0, 0.05) is 32.9 Å². The van der Waals surface area contributed by atoms with Crippen molar-refractivity contribution in [3.05, 3.63) is 23.9 Å². The highest BCUT2D eigenvalue weighted by Crippen LogP contribution is 2.21. The van der Waals surface area contributed by atoms with Crippen LogP contribution in [0.5, 0.6) is 0 Å². The molecule has 1 fully saturated rings. The molecule has 0 bridgehead atoms. The van der Waals surface area contributed by atoms with Gasteiger partial charge in [0.25, 0.3) is 0 Å². The number of pyridine rings is 1. The normalized spacial score (nSPS) is 18.0. The van der Waals surface area contributed by atoms with Crippen LogP contribution in [0.2, 0.25) is 0 Å². The van der Waals surface area contributed by atoms with Crippen LogP contribution in [0.3, 0.4) is 0 Å². The summed E-state index contributed by atoms with van der Waals surface area (Å²) in [7, 11) is 1.97. The lowest BCUT2D eigenvalue weighted by Crippen LogP contribution is -2.45. The maximum Gasteiger partial charge on any atom is 0.410 e. The molecule has 0 aromatic carbocycles. The number of nitriles is 1. The fourth-order valence-corrected chi connectivity index (χ4v) is 2.88. The van der Waals surface area contributed by atoms with Gasteiger partial charge in [-0.1, -0.05) is 0 Å². The molecule has 0 spiro atoms. The highest BCUT2D eigenvalue weighted by Gasteiger charge is 2.28. The van der Waals surface area contributed by atoms with Gasteiger partial charge >= 0.3 is 6.09 Å². The molecule has 1 aromatic heterocycles. The largest absolute Gasteiger partial charge is 0.444 e. The van der Waals surface area contributed by atoms with E-state index in [0.717, 1.165) is 31.7 Å². The van der Waals surface area contributed by atoms with E-state index in [1.165, 1.54) is 0 Å². The lowest BCUT2D eigenvalue weighted by atomic mass is 9.98. The summed E-state index contributed by atoms with van der Waals surface area (Å²) in [5.41, 5.74) is 0.133. The summed E-state index contributed by atoms with van der Waals surface area (Å²) in [4.78, 5) is 20.4. The molecule has 0 aliphatic carbocycles. The van der Waals surface area contributed by atoms with E-state index in [4.69, 9.17) is 10.00 Å². The zero-order valence-corrected chi connectivity index (χ0v) is 15.0. The molecule has 1 amide bonds. The van der Waals surface area contributed by atoms with E-state index in [2.05, 4.69) is 11.1 Å². The van der Waals surface area contributed by atoms with Crippen LogP contribution < -0.4 is 4.90 Å². The number of carbonyl (C=O) groups is 1. The number of ether oxygens (including phenoxy) is 1. The summed E-state index contributed by atoms with van der Waals surface area (Å²) in [6, 6.07) is 5.62. The van der Waals surface area contributed by atoms with Gasteiger partial charge in [0.05, 0.1) is 11.6 Å². The molecule has 0 radical (unpaired) electrons. The maximum atomic E-state index is 12.2. The third-order valence-electron chi connectivity index (χ3n) is 3.97. The SMILES string of the molecule is CN(C[C@H]1CCCN(C(=O)OC(C)(C)C)C1)c1cc(C#N)ccn1. The average molecular weight is 330 g/mol. The Morgan fingerprint density at radius 1 is 1.54 bits per heavy atom. The lowest BCUT2D eigenvalue weighted by Gasteiger charge is -2.35. The summed E-state index contributed by atoms with van der Waals surface area (Å²) in [6.45, 7) is 7.88. The lowest BCUT2D eigenvalue weighted by molar-refractivity contribution is 0.0170. The summed E-state index contributed by atoms with van der Waals surface area (Å²) < 4.78 is 5.47. The monoisotopic (exact) mass is 330 g/mol. The minimum atomic E-state index is -0.470. The van der Waals surface area contributed by atoms with Crippen LogP contribution in [-0.2, 0) is 4.74 Å². The smallest absolute Gasteiger partial charge is 0.410 e. The topological polar surface area (TPSA) is 69.5 Å². The summed E-state index contributed by atoms with van der Waals surface area (Å²) in [6.07, 6.45) is 3.46. The number of hydrogen-bond donors (Lipinski definition) is 0. The number of aromatic nitrogens is 1. The van der Waals surface area contributed by atoms with Gasteiger partial charge in [-0.15, -0.1) is 0 Å². The number of carbonyl (C=O) groups excluding carboxylic acids is 1. The maximum absolute atomic E-state index is 12.2. The highest BCUT2D eigenvalue weighted by molar-refractivity contribution is 5.68. The molecule has 1 aromatic rings. The zero-order valence-electron chi connectivity index (χ0n) is 15.0. The van der Waals surface area contributed by atoms with Gasteiger partial charge in [0.1, 0.15) is 11.4 Å². The summed E-state index contributed by atoms with van der Waals surface area (Å²) >= 11 is 0. The molecule has 1 aliphatic heterocycles. The number of rotatable bonds is 3. The second kappa shape index (κ2) is 7.52. The molecule has 2 rings (SSSR count). The first-order valence-electron chi connectivity index (χ1n) is 8.33. The Hall–Kier alpha value is -2.29. The van der Waals surface area contributed by atoms with Gasteiger partial charge < -0.3 is 14.5 Å². The molecule has 0 saturated carbocycles. The summed E-state index contributed by atoms with van der Waals surface area (Å²) in [5.74, 6) is 1.15. The second-order valence-electron chi connectivity index (χ2n) is 7.33. The summed E-state index contributed by atoms with van der Waals surface area (Å²) in [5, 5.41) is 9.00. The van der Waals surface area contributed by atoms with Crippen molar-refractivity contribution in [2.24, 2.45) is 5.92 Å². The van der Waals surface area contributed by atoms with E-state index in [0.29, 0.717) is 18.0 Å².